The second-order valence-electron chi connectivity index (χ2n) is 14.4. The highest BCUT2D eigenvalue weighted by Gasteiger charge is 2.52. The third-order valence-electron chi connectivity index (χ3n) is 11.6. The van der Waals surface area contributed by atoms with Gasteiger partial charge in [-0.05, 0) is 101 Å². The molecular formula is C42H49N2P+2. The summed E-state index contributed by atoms with van der Waals surface area (Å²) in [6.45, 7) is 2.30. The Kier molecular flexibility index (Phi) is 8.41. The van der Waals surface area contributed by atoms with Gasteiger partial charge in [0.05, 0.1) is 11.8 Å². The van der Waals surface area contributed by atoms with E-state index in [1.807, 2.05) is 0 Å². The van der Waals surface area contributed by atoms with Crippen LogP contribution in [0.5, 0.6) is 0 Å². The molecule has 45 heavy (non-hydrogen) atoms. The molecule has 3 aliphatic carbocycles. The Morgan fingerprint density at radius 2 is 0.956 bits per heavy atom. The molecule has 3 saturated carbocycles. The van der Waals surface area contributed by atoms with Crippen molar-refractivity contribution in [3.8, 4) is 0 Å². The van der Waals surface area contributed by atoms with Crippen molar-refractivity contribution in [3.63, 3.8) is 0 Å². The first kappa shape index (κ1) is 29.3. The Labute approximate surface area is 270 Å². The second kappa shape index (κ2) is 12.9. The quantitative estimate of drug-likeness (QED) is 0.147. The number of fused-ring (bicyclic) bond motifs is 3. The van der Waals surface area contributed by atoms with E-state index in [9.17, 15) is 0 Å². The molecule has 3 heteroatoms. The lowest BCUT2D eigenvalue weighted by Crippen LogP contribution is -2.35. The van der Waals surface area contributed by atoms with Crippen LogP contribution >= 0.6 is 7.51 Å². The molecule has 4 aliphatic rings. The Hall–Kier alpha value is -3.14. The maximum atomic E-state index is 5.60. The topological polar surface area (TPSA) is 28.2 Å². The van der Waals surface area contributed by atoms with Crippen molar-refractivity contribution >= 4 is 40.5 Å². The van der Waals surface area contributed by atoms with E-state index in [4.69, 9.17) is 8.84 Å². The Morgan fingerprint density at radius 1 is 0.533 bits per heavy atom. The third-order valence-corrected chi connectivity index (χ3v) is 13.2. The fourth-order valence-corrected chi connectivity index (χ4v) is 11.2. The lowest BCUT2D eigenvalue weighted by Gasteiger charge is -2.28. The van der Waals surface area contributed by atoms with E-state index in [0.29, 0.717) is 23.7 Å². The van der Waals surface area contributed by atoms with Crippen LogP contribution in [-0.4, -0.2) is 17.6 Å². The van der Waals surface area contributed by atoms with Gasteiger partial charge in [0, 0.05) is 8.84 Å². The lowest BCUT2D eigenvalue weighted by molar-refractivity contribution is 0.445. The smallest absolute Gasteiger partial charge is 0.0654 e. The van der Waals surface area contributed by atoms with Gasteiger partial charge in [0.1, 0.15) is 6.16 Å². The molecule has 2 unspecified atom stereocenters. The van der Waals surface area contributed by atoms with Crippen LogP contribution in [-0.2, 0) is 0 Å². The molecule has 1 heterocycles. The first-order chi connectivity index (χ1) is 22.3. The highest BCUT2D eigenvalue weighted by atomic mass is 31.1. The van der Waals surface area contributed by atoms with Gasteiger partial charge in [-0.1, -0.05) is 125 Å². The van der Waals surface area contributed by atoms with Crippen LogP contribution in [0, 0.1) is 0 Å². The maximum absolute atomic E-state index is 5.60. The first-order valence-electron chi connectivity index (χ1n) is 18.3. The fourth-order valence-electron chi connectivity index (χ4n) is 9.37. The molecule has 8 rings (SSSR count). The molecule has 0 aromatic heterocycles. The number of hydrogen-bond acceptors (Lipinski definition) is 0. The van der Waals surface area contributed by atoms with Crippen molar-refractivity contribution in [2.24, 2.45) is 0 Å². The minimum Gasteiger partial charge on any atom is -0.0654 e. The van der Waals surface area contributed by atoms with Crippen LogP contribution in [0.15, 0.2) is 72.8 Å². The minimum atomic E-state index is -0.685. The number of rotatable bonds is 7. The lowest BCUT2D eigenvalue weighted by atomic mass is 9.70. The molecule has 0 spiro atoms. The number of hydrogen-bond donors (Lipinski definition) is 0. The zero-order valence-electron chi connectivity index (χ0n) is 27.2. The van der Waals surface area contributed by atoms with Gasteiger partial charge in [0.25, 0.3) is 0 Å². The summed E-state index contributed by atoms with van der Waals surface area (Å²) in [6.07, 6.45) is 19.5. The molecule has 0 radical (unpaired) electrons. The summed E-state index contributed by atoms with van der Waals surface area (Å²) in [7, 11) is -0.685. The van der Waals surface area contributed by atoms with Crippen LogP contribution in [0.3, 0.4) is 0 Å². The normalized spacial score (nSPS) is 23.4. The highest BCUT2D eigenvalue weighted by Crippen LogP contribution is 2.46. The summed E-state index contributed by atoms with van der Waals surface area (Å²) >= 11 is 0. The van der Waals surface area contributed by atoms with E-state index < -0.39 is 7.51 Å². The van der Waals surface area contributed by atoms with Crippen molar-refractivity contribution in [1.82, 2.24) is 8.84 Å². The van der Waals surface area contributed by atoms with E-state index in [2.05, 4.69) is 79.7 Å². The van der Waals surface area contributed by atoms with Gasteiger partial charge in [-0.15, -0.1) is 0 Å². The standard InChI is InChI=1S/C42H49N2P/c1-2-3-28-45-43-41-37(35-24-12-20-31-18-10-22-33(39(31)35)29-14-6-4-7-15-29)26-27-38(42(41)44-45)36-25-13-21-32-19-11-23-34(40(32)36)30-16-8-5-9-17-30/h10-13,18-25,29-30,37-38H,2-9,14-17,26-28H2,1H3/q+2. The average molecular weight is 613 g/mol. The van der Waals surface area contributed by atoms with Crippen LogP contribution in [0.1, 0.15) is 143 Å². The molecule has 230 valence electrons. The molecule has 1 aliphatic heterocycles. The molecule has 4 aromatic carbocycles. The van der Waals surface area contributed by atoms with Crippen LogP contribution in [0.2, 0.25) is 0 Å². The first-order valence-corrected chi connectivity index (χ1v) is 19.7. The van der Waals surface area contributed by atoms with E-state index in [1.54, 1.807) is 11.1 Å². The van der Waals surface area contributed by atoms with E-state index in [0.717, 1.165) is 19.0 Å². The average Bonchev–Trinajstić information content (AvgIpc) is 3.54. The zero-order chi connectivity index (χ0) is 30.2. The molecule has 0 amide bonds. The second-order valence-corrected chi connectivity index (χ2v) is 15.9. The molecule has 0 N–H and O–H groups in total. The summed E-state index contributed by atoms with van der Waals surface area (Å²) in [5.74, 6) is 2.06. The highest BCUT2D eigenvalue weighted by molar-refractivity contribution is 7.36. The van der Waals surface area contributed by atoms with Gasteiger partial charge in [0.2, 0.25) is 0 Å². The van der Waals surface area contributed by atoms with Crippen molar-refractivity contribution in [2.45, 2.75) is 120 Å². The van der Waals surface area contributed by atoms with Crippen LogP contribution in [0.4, 0.5) is 0 Å². The van der Waals surface area contributed by atoms with Gasteiger partial charge in [-0.25, -0.2) is 0 Å². The fraction of sp³-hybridized carbons (Fsp3) is 0.476. The van der Waals surface area contributed by atoms with Crippen LogP contribution < -0.4 is 8.84 Å². The summed E-state index contributed by atoms with van der Waals surface area (Å²) in [5.41, 5.74) is 8.92. The summed E-state index contributed by atoms with van der Waals surface area (Å²) in [5, 5.41) is 5.89. The number of unbranched alkanes of at least 4 members (excludes halogenated alkanes) is 1. The molecule has 0 bridgehead atoms. The largest absolute Gasteiger partial charge is 0.639 e. The Bertz CT molecular complexity index is 1760. The van der Waals surface area contributed by atoms with Crippen molar-refractivity contribution in [1.29, 1.82) is 0 Å². The molecule has 2 atom stereocenters. The van der Waals surface area contributed by atoms with Crippen molar-refractivity contribution < 1.29 is 0 Å². The molecular weight excluding hydrogens is 563 g/mol. The summed E-state index contributed by atoms with van der Waals surface area (Å²) < 4.78 is 11.2. The van der Waals surface area contributed by atoms with Gasteiger partial charge < -0.3 is 0 Å². The summed E-state index contributed by atoms with van der Waals surface area (Å²) in [4.78, 5) is 0. The molecule has 0 saturated heterocycles. The SMILES string of the molecule is CCCCP1=[N+]=C2C(=[N+]=1)C(c1cccc3cccc(C4CCCCC4)c13)CCC2c1cccc2cccc(C3CCCCC3)c12. The Morgan fingerprint density at radius 3 is 1.38 bits per heavy atom. The number of benzene rings is 4. The van der Waals surface area contributed by atoms with E-state index in [1.165, 1.54) is 121 Å². The monoisotopic (exact) mass is 612 g/mol. The zero-order valence-corrected chi connectivity index (χ0v) is 28.1. The predicted octanol–water partition coefficient (Wildman–Crippen LogP) is 11.4. The van der Waals surface area contributed by atoms with Crippen molar-refractivity contribution in [2.75, 3.05) is 6.16 Å². The van der Waals surface area contributed by atoms with Gasteiger partial charge in [-0.2, -0.15) is 0 Å². The molecule has 3 fully saturated rings. The minimum absolute atomic E-state index is 0.343. The molecule has 4 aromatic rings. The van der Waals surface area contributed by atoms with Gasteiger partial charge in [0.15, 0.2) is 0 Å². The Balaban J connectivity index is 1.25. The van der Waals surface area contributed by atoms with Crippen LogP contribution in [0.25, 0.3) is 21.5 Å². The van der Waals surface area contributed by atoms with Crippen molar-refractivity contribution in [3.05, 3.63) is 95.1 Å². The van der Waals surface area contributed by atoms with Gasteiger partial charge >= 0.3 is 18.9 Å². The number of nitrogens with zero attached hydrogens (tertiary/aromatic N) is 2. The third kappa shape index (κ3) is 5.51. The van der Waals surface area contributed by atoms with E-state index in [-0.39, 0.29) is 0 Å². The maximum Gasteiger partial charge on any atom is 0.639 e. The molecule has 2 nitrogen and oxygen atoms in total. The van der Waals surface area contributed by atoms with E-state index >= 15 is 0 Å². The summed E-state index contributed by atoms with van der Waals surface area (Å²) in [6, 6.07) is 28.4. The predicted molar refractivity (Wildman–Crippen MR) is 195 cm³/mol. The van der Waals surface area contributed by atoms with Gasteiger partial charge in [-0.3, -0.25) is 0 Å².